The number of amides is 1. The molecule has 1 amide bonds. The van der Waals surface area contributed by atoms with Crippen molar-refractivity contribution in [1.82, 2.24) is 9.88 Å². The second-order valence-corrected chi connectivity index (χ2v) is 8.16. The Balaban J connectivity index is 1.55. The summed E-state index contributed by atoms with van der Waals surface area (Å²) in [5, 5.41) is 0. The van der Waals surface area contributed by atoms with Crippen molar-refractivity contribution in [3.8, 4) is 11.5 Å². The molecule has 0 bridgehead atoms. The monoisotopic (exact) mass is 463 g/mol. The Hall–Kier alpha value is -3.23. The van der Waals surface area contributed by atoms with E-state index in [4.69, 9.17) is 9.47 Å². The van der Waals surface area contributed by atoms with Gasteiger partial charge in [-0.05, 0) is 41.8 Å². The minimum absolute atomic E-state index is 0.130. The molecule has 9 heteroatoms. The van der Waals surface area contributed by atoms with Crippen molar-refractivity contribution in [3.05, 3.63) is 53.7 Å². The summed E-state index contributed by atoms with van der Waals surface area (Å²) in [5.41, 5.74) is 0.0334. The van der Waals surface area contributed by atoms with Gasteiger partial charge < -0.3 is 19.3 Å². The van der Waals surface area contributed by atoms with E-state index in [0.29, 0.717) is 56.0 Å². The quantitative estimate of drug-likeness (QED) is 0.566. The van der Waals surface area contributed by atoms with E-state index in [0.717, 1.165) is 17.8 Å². The number of alkyl halides is 3. The van der Waals surface area contributed by atoms with Gasteiger partial charge in [0.05, 0.1) is 19.3 Å². The number of aromatic nitrogens is 1. The van der Waals surface area contributed by atoms with E-state index >= 15 is 0 Å². The van der Waals surface area contributed by atoms with E-state index in [2.05, 4.69) is 18.8 Å². The van der Waals surface area contributed by atoms with Crippen molar-refractivity contribution in [2.75, 3.05) is 44.8 Å². The lowest BCUT2D eigenvalue weighted by atomic mass is 10.1. The second kappa shape index (κ2) is 10.6. The highest BCUT2D eigenvalue weighted by molar-refractivity contribution is 5.92. The maximum absolute atomic E-state index is 12.7. The first-order valence-corrected chi connectivity index (χ1v) is 10.7. The molecule has 6 nitrogen and oxygen atoms in total. The second-order valence-electron chi connectivity index (χ2n) is 8.16. The van der Waals surface area contributed by atoms with Crippen LogP contribution in [0.2, 0.25) is 0 Å². The maximum Gasteiger partial charge on any atom is 0.417 e. The summed E-state index contributed by atoms with van der Waals surface area (Å²) in [4.78, 5) is 20.1. The van der Waals surface area contributed by atoms with Gasteiger partial charge in [-0.3, -0.25) is 4.79 Å². The minimum atomic E-state index is -4.41. The molecule has 1 aliphatic heterocycles. The molecule has 2 aromatic rings. The zero-order valence-corrected chi connectivity index (χ0v) is 18.9. The Morgan fingerprint density at radius 3 is 2.42 bits per heavy atom. The molecule has 2 heterocycles. The normalized spacial score (nSPS) is 14.8. The smallest absolute Gasteiger partial charge is 0.417 e. The molecule has 1 fully saturated rings. The molecule has 178 valence electrons. The standard InChI is InChI=1S/C24H28F3N3O3/c1-17(2)16-33-20-7-4-18(14-21(20)32-3)5-9-23(31)30-12-10-29(11-13-30)22-8-6-19(15-28-22)24(25,26)27/h4-9,14-15,17H,10-13,16H2,1-3H3/b9-5+. The highest BCUT2D eigenvalue weighted by Crippen LogP contribution is 2.30. The predicted molar refractivity (Wildman–Crippen MR) is 120 cm³/mol. The molecule has 0 radical (unpaired) electrons. The molecule has 0 N–H and O–H groups in total. The molecule has 1 aromatic carbocycles. The van der Waals surface area contributed by atoms with Crippen LogP contribution in [0, 0.1) is 5.92 Å². The van der Waals surface area contributed by atoms with Crippen molar-refractivity contribution >= 4 is 17.8 Å². The highest BCUT2D eigenvalue weighted by Gasteiger charge is 2.31. The highest BCUT2D eigenvalue weighted by atomic mass is 19.4. The lowest BCUT2D eigenvalue weighted by molar-refractivity contribution is -0.137. The molecule has 33 heavy (non-hydrogen) atoms. The number of benzene rings is 1. The van der Waals surface area contributed by atoms with Gasteiger partial charge in [-0.15, -0.1) is 0 Å². The van der Waals surface area contributed by atoms with Crippen LogP contribution in [0.25, 0.3) is 6.08 Å². The number of hydrogen-bond acceptors (Lipinski definition) is 5. The van der Waals surface area contributed by atoms with Crippen molar-refractivity contribution < 1.29 is 27.4 Å². The molecule has 3 rings (SSSR count). The fourth-order valence-corrected chi connectivity index (χ4v) is 3.33. The van der Waals surface area contributed by atoms with E-state index in [9.17, 15) is 18.0 Å². The van der Waals surface area contributed by atoms with Gasteiger partial charge in [0.1, 0.15) is 5.82 Å². The molecule has 1 aliphatic rings. The summed E-state index contributed by atoms with van der Waals surface area (Å²) in [6.45, 7) is 6.61. The topological polar surface area (TPSA) is 54.9 Å². The van der Waals surface area contributed by atoms with E-state index in [-0.39, 0.29) is 5.91 Å². The number of methoxy groups -OCH3 is 1. The van der Waals surface area contributed by atoms with E-state index in [1.807, 2.05) is 23.1 Å². The molecule has 0 spiro atoms. The average molecular weight is 464 g/mol. The van der Waals surface area contributed by atoms with Crippen LogP contribution in [0.15, 0.2) is 42.6 Å². The number of rotatable bonds is 7. The third kappa shape index (κ3) is 6.63. The largest absolute Gasteiger partial charge is 0.493 e. The molecule has 0 unspecified atom stereocenters. The van der Waals surface area contributed by atoms with Gasteiger partial charge in [-0.25, -0.2) is 4.98 Å². The van der Waals surface area contributed by atoms with Gasteiger partial charge in [0, 0.05) is 38.5 Å². The minimum Gasteiger partial charge on any atom is -0.493 e. The Labute approximate surface area is 191 Å². The lowest BCUT2D eigenvalue weighted by Crippen LogP contribution is -2.48. The zero-order valence-electron chi connectivity index (χ0n) is 18.9. The van der Waals surface area contributed by atoms with Crippen LogP contribution < -0.4 is 14.4 Å². The average Bonchev–Trinajstić information content (AvgIpc) is 2.81. The molecular formula is C24H28F3N3O3. The van der Waals surface area contributed by atoms with Crippen LogP contribution in [0.1, 0.15) is 25.0 Å². The van der Waals surface area contributed by atoms with Gasteiger partial charge in [-0.1, -0.05) is 19.9 Å². The van der Waals surface area contributed by atoms with Crippen LogP contribution >= 0.6 is 0 Å². The molecule has 0 saturated carbocycles. The van der Waals surface area contributed by atoms with E-state index in [1.54, 1.807) is 18.1 Å². The van der Waals surface area contributed by atoms with Gasteiger partial charge in [0.2, 0.25) is 5.91 Å². The summed E-state index contributed by atoms with van der Waals surface area (Å²) in [7, 11) is 1.57. The Kier molecular flexibility index (Phi) is 7.84. The number of carbonyl (C=O) groups is 1. The first-order valence-electron chi connectivity index (χ1n) is 10.7. The van der Waals surface area contributed by atoms with Gasteiger partial charge >= 0.3 is 6.18 Å². The number of hydrogen-bond donors (Lipinski definition) is 0. The van der Waals surface area contributed by atoms with Gasteiger partial charge in [0.25, 0.3) is 0 Å². The molecular weight excluding hydrogens is 435 g/mol. The number of halogens is 3. The van der Waals surface area contributed by atoms with Crippen molar-refractivity contribution in [2.24, 2.45) is 5.92 Å². The fraction of sp³-hybridized carbons (Fsp3) is 0.417. The first kappa shape index (κ1) is 24.4. The molecule has 1 aromatic heterocycles. The van der Waals surface area contributed by atoms with Crippen molar-refractivity contribution in [1.29, 1.82) is 0 Å². The van der Waals surface area contributed by atoms with Crippen molar-refractivity contribution in [3.63, 3.8) is 0 Å². The molecule has 0 aliphatic carbocycles. The molecule has 0 atom stereocenters. The number of carbonyl (C=O) groups excluding carboxylic acids is 1. The Bertz CT molecular complexity index is 967. The zero-order chi connectivity index (χ0) is 24.0. The fourth-order valence-electron chi connectivity index (χ4n) is 3.33. The maximum atomic E-state index is 12.7. The summed E-state index contributed by atoms with van der Waals surface area (Å²) in [5.74, 6) is 1.99. The third-order valence-corrected chi connectivity index (χ3v) is 5.17. The van der Waals surface area contributed by atoms with Crippen LogP contribution in [0.4, 0.5) is 19.0 Å². The predicted octanol–water partition coefficient (Wildman–Crippen LogP) is 4.51. The molecule has 1 saturated heterocycles. The summed E-state index contributed by atoms with van der Waals surface area (Å²) >= 11 is 0. The van der Waals surface area contributed by atoms with E-state index < -0.39 is 11.7 Å². The number of ether oxygens (including phenoxy) is 2. The van der Waals surface area contributed by atoms with Crippen LogP contribution in [-0.4, -0.2) is 55.7 Å². The number of anilines is 1. The first-order chi connectivity index (χ1) is 15.7. The Morgan fingerprint density at radius 1 is 1.12 bits per heavy atom. The third-order valence-electron chi connectivity index (χ3n) is 5.17. The van der Waals surface area contributed by atoms with Crippen LogP contribution in [0.5, 0.6) is 11.5 Å². The summed E-state index contributed by atoms with van der Waals surface area (Å²) < 4.78 is 49.3. The van der Waals surface area contributed by atoms with Crippen LogP contribution in [-0.2, 0) is 11.0 Å². The van der Waals surface area contributed by atoms with Crippen molar-refractivity contribution in [2.45, 2.75) is 20.0 Å². The van der Waals surface area contributed by atoms with Gasteiger partial charge in [-0.2, -0.15) is 13.2 Å². The number of pyridine rings is 1. The number of piperazine rings is 1. The van der Waals surface area contributed by atoms with E-state index in [1.165, 1.54) is 12.1 Å². The summed E-state index contributed by atoms with van der Waals surface area (Å²) in [6.07, 6.45) is -0.340. The lowest BCUT2D eigenvalue weighted by Gasteiger charge is -2.35. The summed E-state index contributed by atoms with van der Waals surface area (Å²) in [6, 6.07) is 7.88. The van der Waals surface area contributed by atoms with Gasteiger partial charge in [0.15, 0.2) is 11.5 Å². The SMILES string of the molecule is COc1cc(/C=C/C(=O)N2CCN(c3ccc(C(F)(F)F)cn3)CC2)ccc1OCC(C)C. The Morgan fingerprint density at radius 2 is 1.85 bits per heavy atom. The van der Waals surface area contributed by atoms with Crippen LogP contribution in [0.3, 0.4) is 0 Å². The number of nitrogens with zero attached hydrogens (tertiary/aromatic N) is 3.